The van der Waals surface area contributed by atoms with Crippen LogP contribution in [0, 0.1) is 0 Å². The molecule has 0 aliphatic rings. The minimum atomic E-state index is -3.60. The van der Waals surface area contributed by atoms with Crippen LogP contribution in [0.5, 0.6) is 5.75 Å². The molecule has 2 aromatic carbocycles. The number of hydrogen-bond donors (Lipinski definition) is 2. The summed E-state index contributed by atoms with van der Waals surface area (Å²) in [6.07, 6.45) is 1.63. The lowest BCUT2D eigenvalue weighted by molar-refractivity contribution is -0.121. The van der Waals surface area contributed by atoms with Crippen LogP contribution in [0.1, 0.15) is 44.4 Å². The molecule has 0 fully saturated rings. The van der Waals surface area contributed by atoms with Crippen LogP contribution in [-0.4, -0.2) is 27.0 Å². The van der Waals surface area contributed by atoms with Gasteiger partial charge in [-0.1, -0.05) is 42.5 Å². The Labute approximate surface area is 173 Å². The highest BCUT2D eigenvalue weighted by atomic mass is 32.2. The molecule has 0 saturated carbocycles. The molecule has 6 nitrogen and oxygen atoms in total. The predicted molar refractivity (Wildman–Crippen MR) is 116 cm³/mol. The lowest BCUT2D eigenvalue weighted by atomic mass is 10.1. The van der Waals surface area contributed by atoms with E-state index < -0.39 is 10.0 Å². The van der Waals surface area contributed by atoms with Crippen LogP contribution < -0.4 is 14.8 Å². The Hall–Kier alpha value is -2.64. The molecular weight excluding hydrogens is 388 g/mol. The number of hydrogen-bond acceptors (Lipinski definition) is 4. The summed E-state index contributed by atoms with van der Waals surface area (Å²) in [5.41, 5.74) is 1.70. The molecule has 1 unspecified atom stereocenters. The molecule has 2 rings (SSSR count). The highest BCUT2D eigenvalue weighted by Crippen LogP contribution is 2.20. The van der Waals surface area contributed by atoms with E-state index in [0.29, 0.717) is 0 Å². The first-order chi connectivity index (χ1) is 13.7. The van der Waals surface area contributed by atoms with Crippen molar-refractivity contribution < 1.29 is 17.9 Å². The molecule has 0 aliphatic carbocycles. The van der Waals surface area contributed by atoms with Crippen molar-refractivity contribution in [1.82, 2.24) is 10.0 Å². The van der Waals surface area contributed by atoms with Crippen LogP contribution in [0.4, 0.5) is 0 Å². The Morgan fingerprint density at radius 2 is 1.79 bits per heavy atom. The average Bonchev–Trinajstić information content (AvgIpc) is 2.67. The summed E-state index contributed by atoms with van der Waals surface area (Å²) in [5.74, 6) is 0.513. The topological polar surface area (TPSA) is 84.5 Å². The van der Waals surface area contributed by atoms with Crippen molar-refractivity contribution in [1.29, 1.82) is 0 Å². The van der Waals surface area contributed by atoms with Crippen molar-refractivity contribution >= 4 is 22.0 Å². The lowest BCUT2D eigenvalue weighted by Gasteiger charge is -2.16. The van der Waals surface area contributed by atoms with Gasteiger partial charge in [0, 0.05) is 18.4 Å². The molecule has 1 amide bonds. The fourth-order valence-corrected chi connectivity index (χ4v) is 3.43. The third kappa shape index (κ3) is 8.50. The third-order valence-electron chi connectivity index (χ3n) is 4.00. The minimum absolute atomic E-state index is 0.0243. The second kappa shape index (κ2) is 10.8. The summed E-state index contributed by atoms with van der Waals surface area (Å²) in [7, 11) is -3.60. The van der Waals surface area contributed by atoms with Gasteiger partial charge >= 0.3 is 0 Å². The molecule has 0 saturated heterocycles. The minimum Gasteiger partial charge on any atom is -0.491 e. The van der Waals surface area contributed by atoms with Crippen LogP contribution in [0.25, 0.3) is 6.08 Å². The Morgan fingerprint density at radius 3 is 2.48 bits per heavy atom. The number of ether oxygens (including phenoxy) is 1. The number of carbonyl (C=O) groups is 1. The van der Waals surface area contributed by atoms with Crippen molar-refractivity contribution in [2.75, 3.05) is 6.54 Å². The molecule has 2 aromatic rings. The largest absolute Gasteiger partial charge is 0.491 e. The maximum atomic E-state index is 12.2. The Balaban J connectivity index is 1.81. The molecule has 0 heterocycles. The van der Waals surface area contributed by atoms with E-state index in [9.17, 15) is 13.2 Å². The van der Waals surface area contributed by atoms with Crippen molar-refractivity contribution in [3.63, 3.8) is 0 Å². The third-order valence-corrected chi connectivity index (χ3v) is 5.10. The fourth-order valence-electron chi connectivity index (χ4n) is 2.61. The maximum absolute atomic E-state index is 12.2. The number of rotatable bonds is 10. The van der Waals surface area contributed by atoms with E-state index in [1.54, 1.807) is 0 Å². The van der Waals surface area contributed by atoms with Gasteiger partial charge < -0.3 is 10.1 Å². The second-order valence-corrected chi connectivity index (χ2v) is 8.58. The zero-order valence-corrected chi connectivity index (χ0v) is 17.8. The van der Waals surface area contributed by atoms with Gasteiger partial charge in [-0.15, -0.1) is 0 Å². The monoisotopic (exact) mass is 416 g/mol. The normalized spacial score (nSPS) is 12.8. The molecule has 29 heavy (non-hydrogen) atoms. The Bertz CT molecular complexity index is 925. The van der Waals surface area contributed by atoms with Gasteiger partial charge in [0.05, 0.1) is 12.1 Å². The summed E-state index contributed by atoms with van der Waals surface area (Å²) in [4.78, 5) is 12.2. The summed E-state index contributed by atoms with van der Waals surface area (Å²) < 4.78 is 32.1. The molecule has 2 N–H and O–H groups in total. The zero-order chi connectivity index (χ0) is 21.3. The molecule has 7 heteroatoms. The van der Waals surface area contributed by atoms with Crippen LogP contribution in [0.15, 0.2) is 60.0 Å². The van der Waals surface area contributed by atoms with Crippen molar-refractivity contribution in [2.45, 2.75) is 39.3 Å². The van der Waals surface area contributed by atoms with Gasteiger partial charge in [0.25, 0.3) is 0 Å². The number of carbonyl (C=O) groups excluding carboxylic acids is 1. The van der Waals surface area contributed by atoms with Crippen molar-refractivity contribution in [3.8, 4) is 5.75 Å². The molecule has 0 spiro atoms. The maximum Gasteiger partial charge on any atom is 0.233 e. The standard InChI is InChI=1S/C22H28N2O4S/c1-17(2)28-21-11-7-10-20(16-21)18(3)24-22(25)12-14-23-29(26,27)15-13-19-8-5-4-6-9-19/h4-11,13,15-18,23H,12,14H2,1-3H3,(H,24,25)/b15-13+. The Morgan fingerprint density at radius 1 is 1.07 bits per heavy atom. The van der Waals surface area contributed by atoms with Gasteiger partial charge in [0.2, 0.25) is 15.9 Å². The number of nitrogens with one attached hydrogen (secondary N) is 2. The number of amides is 1. The van der Waals surface area contributed by atoms with E-state index in [2.05, 4.69) is 10.0 Å². The first-order valence-corrected chi connectivity index (χ1v) is 11.1. The van der Waals surface area contributed by atoms with Gasteiger partial charge in [0.1, 0.15) is 5.75 Å². The molecule has 1 atom stereocenters. The van der Waals surface area contributed by atoms with Crippen molar-refractivity contribution in [2.24, 2.45) is 0 Å². The molecule has 0 radical (unpaired) electrons. The van der Waals surface area contributed by atoms with Gasteiger partial charge in [-0.3, -0.25) is 4.79 Å². The zero-order valence-electron chi connectivity index (χ0n) is 17.0. The van der Waals surface area contributed by atoms with Crippen LogP contribution in [-0.2, 0) is 14.8 Å². The van der Waals surface area contributed by atoms with Gasteiger partial charge in [-0.25, -0.2) is 13.1 Å². The van der Waals surface area contributed by atoms with Crippen molar-refractivity contribution in [3.05, 3.63) is 71.1 Å². The van der Waals surface area contributed by atoms with Crippen LogP contribution >= 0.6 is 0 Å². The Kier molecular flexibility index (Phi) is 8.42. The van der Waals surface area contributed by atoms with Gasteiger partial charge in [-0.05, 0) is 50.1 Å². The first-order valence-electron chi connectivity index (χ1n) is 9.54. The van der Waals surface area contributed by atoms with E-state index >= 15 is 0 Å². The van der Waals surface area contributed by atoms with Gasteiger partial charge in [0.15, 0.2) is 0 Å². The summed E-state index contributed by atoms with van der Waals surface area (Å²) in [6, 6.07) is 16.5. The number of benzene rings is 2. The van der Waals surface area contributed by atoms with E-state index in [1.807, 2.05) is 75.4 Å². The molecule has 0 bridgehead atoms. The average molecular weight is 417 g/mol. The van der Waals surface area contributed by atoms with Gasteiger partial charge in [-0.2, -0.15) is 0 Å². The molecular formula is C22H28N2O4S. The highest BCUT2D eigenvalue weighted by Gasteiger charge is 2.12. The quantitative estimate of drug-likeness (QED) is 0.619. The summed E-state index contributed by atoms with van der Waals surface area (Å²) in [5, 5.41) is 3.97. The van der Waals surface area contributed by atoms with E-state index in [4.69, 9.17) is 4.74 Å². The van der Waals surface area contributed by atoms with E-state index in [1.165, 1.54) is 6.08 Å². The lowest BCUT2D eigenvalue weighted by Crippen LogP contribution is -2.31. The van der Waals surface area contributed by atoms with E-state index in [-0.39, 0.29) is 31.0 Å². The summed E-state index contributed by atoms with van der Waals surface area (Å²) >= 11 is 0. The second-order valence-electron chi connectivity index (χ2n) is 6.93. The van der Waals surface area contributed by atoms with E-state index in [0.717, 1.165) is 22.3 Å². The summed E-state index contributed by atoms with van der Waals surface area (Å²) in [6.45, 7) is 5.80. The SMILES string of the molecule is CC(C)Oc1cccc(C(C)NC(=O)CCNS(=O)(=O)/C=C/c2ccccc2)c1. The van der Waals surface area contributed by atoms with Crippen LogP contribution in [0.3, 0.4) is 0 Å². The predicted octanol–water partition coefficient (Wildman–Crippen LogP) is 3.63. The fraction of sp³-hybridized carbons (Fsp3) is 0.318. The molecule has 0 aliphatic heterocycles. The highest BCUT2D eigenvalue weighted by molar-refractivity contribution is 7.92. The smallest absolute Gasteiger partial charge is 0.233 e. The first kappa shape index (κ1) is 22.6. The van der Waals surface area contributed by atoms with Crippen LogP contribution in [0.2, 0.25) is 0 Å². The molecule has 156 valence electrons. The molecule has 0 aromatic heterocycles. The number of sulfonamides is 1.